The van der Waals surface area contributed by atoms with Gasteiger partial charge in [-0.3, -0.25) is 29.8 Å². The number of nitrogens with one attached hydrogen (secondary N) is 4. The number of non-ortho nitro benzene ring substituents is 2. The van der Waals surface area contributed by atoms with Crippen molar-refractivity contribution in [1.82, 2.24) is 20.4 Å². The molecule has 0 aliphatic carbocycles. The van der Waals surface area contributed by atoms with Crippen molar-refractivity contribution in [1.29, 1.82) is 0 Å². The van der Waals surface area contributed by atoms with Crippen LogP contribution in [0.5, 0.6) is 0 Å². The van der Waals surface area contributed by atoms with Gasteiger partial charge in [0.25, 0.3) is 11.4 Å². The van der Waals surface area contributed by atoms with Crippen molar-refractivity contribution in [3.8, 4) is 0 Å². The standard InChI is InChI=1S/C58H74N8O16S2/c67-55(63-15-19-73-23-27-77-31-35-81-36-32-78-28-24-74-20-16-63)53(39-43-7-11-47(12-8-43)65(69)70)61-57(83)59-51-5-1-3-45-41-46-4-2-6-52(50(46)42-49(45)51)60-58(84)62-54(40-44-9-13-48(14-10-44)66(71)72)56(68)64-17-21-75-25-29-79-33-37-82-38-34-80-30-26-76-22-18-64/h1-14,41-42,53-54H,15-40H2,(H2,59,61,83)(H2,60,62,84)/t53-,54-/m0/s1. The summed E-state index contributed by atoms with van der Waals surface area (Å²) in [4.78, 5) is 54.9. The van der Waals surface area contributed by atoms with E-state index < -0.39 is 21.9 Å². The lowest BCUT2D eigenvalue weighted by Gasteiger charge is -2.29. The minimum atomic E-state index is -0.930. The molecule has 0 bridgehead atoms. The first-order valence-electron chi connectivity index (χ1n) is 27.9. The van der Waals surface area contributed by atoms with Crippen molar-refractivity contribution in [3.05, 3.63) is 128 Å². The topological polar surface area (TPSA) is 267 Å². The van der Waals surface area contributed by atoms with E-state index in [1.807, 2.05) is 48.5 Å². The third-order valence-electron chi connectivity index (χ3n) is 13.4. The van der Waals surface area contributed by atoms with Crippen LogP contribution in [0.25, 0.3) is 21.5 Å². The molecule has 4 N–H and O–H groups in total. The van der Waals surface area contributed by atoms with Gasteiger partial charge in [0.2, 0.25) is 11.8 Å². The van der Waals surface area contributed by atoms with Crippen molar-refractivity contribution >= 4 is 90.8 Å². The molecule has 0 unspecified atom stereocenters. The van der Waals surface area contributed by atoms with E-state index in [-0.39, 0.29) is 98.9 Å². The molecule has 84 heavy (non-hydrogen) atoms. The molecule has 24 nitrogen and oxygen atoms in total. The van der Waals surface area contributed by atoms with Crippen LogP contribution in [0.3, 0.4) is 0 Å². The summed E-state index contributed by atoms with van der Waals surface area (Å²) in [6, 6.07) is 25.7. The molecule has 2 amide bonds. The van der Waals surface area contributed by atoms with Gasteiger partial charge in [0, 0.05) is 85.4 Å². The molecule has 5 aromatic rings. The number of nitro benzene ring substituents is 2. The summed E-state index contributed by atoms with van der Waals surface area (Å²) < 4.78 is 57.0. The minimum absolute atomic E-state index is 0.0814. The molecule has 2 atom stereocenters. The number of carbonyl (C=O) groups excluding carboxylic acids is 2. The number of fused-ring (bicyclic) bond motifs is 2. The van der Waals surface area contributed by atoms with Crippen LogP contribution in [0, 0.1) is 20.2 Å². The van der Waals surface area contributed by atoms with Crippen LogP contribution in [0.15, 0.2) is 97.1 Å². The average molecular weight is 1200 g/mol. The highest BCUT2D eigenvalue weighted by Crippen LogP contribution is 2.32. The van der Waals surface area contributed by atoms with Crippen molar-refractivity contribution in [2.75, 3.05) is 169 Å². The summed E-state index contributed by atoms with van der Waals surface area (Å²) >= 11 is 12.0. The SMILES string of the molecule is O=C([C@H](Cc1ccc([N+](=O)[O-])cc1)NC(=S)Nc1cccc2cc3cccc(NC(=S)N[C@@H](Cc4ccc([N+](=O)[O-])cc4)C(=O)N4CCOCCOCCOCCOCCOCC4)c3cc12)N1CCOCCOCCOCCOCCOCC1. The van der Waals surface area contributed by atoms with Gasteiger partial charge in [-0.25, -0.2) is 0 Å². The van der Waals surface area contributed by atoms with Gasteiger partial charge >= 0.3 is 0 Å². The number of benzene rings is 5. The molecular formula is C58H74N8O16S2. The van der Waals surface area contributed by atoms with E-state index in [2.05, 4.69) is 21.3 Å². The molecule has 2 aliphatic heterocycles. The molecule has 0 spiro atoms. The Morgan fingerprint density at radius 1 is 0.429 bits per heavy atom. The Kier molecular flexibility index (Phi) is 28.0. The molecule has 0 radical (unpaired) electrons. The lowest BCUT2D eigenvalue weighted by Crippen LogP contribution is -2.52. The van der Waals surface area contributed by atoms with Crippen LogP contribution in [0.2, 0.25) is 0 Å². The number of hydrogen-bond donors (Lipinski definition) is 4. The average Bonchev–Trinajstić information content (AvgIpc) is 2.61. The van der Waals surface area contributed by atoms with Crippen LogP contribution in [0.4, 0.5) is 22.7 Å². The molecule has 454 valence electrons. The van der Waals surface area contributed by atoms with Crippen molar-refractivity contribution in [2.45, 2.75) is 24.9 Å². The fourth-order valence-electron chi connectivity index (χ4n) is 9.05. The second kappa shape index (κ2) is 36.2. The Balaban J connectivity index is 1.09. The van der Waals surface area contributed by atoms with Crippen molar-refractivity contribution in [2.24, 2.45) is 0 Å². The van der Waals surface area contributed by atoms with Gasteiger partial charge in [-0.05, 0) is 70.6 Å². The number of rotatable bonds is 12. The van der Waals surface area contributed by atoms with Crippen molar-refractivity contribution < 1.29 is 66.8 Å². The Labute approximate surface area is 498 Å². The molecule has 5 aromatic carbocycles. The van der Waals surface area contributed by atoms with Crippen LogP contribution in [-0.2, 0) is 69.8 Å². The Bertz CT molecular complexity index is 2670. The summed E-state index contributed by atoms with van der Waals surface area (Å²) in [6.45, 7) is 7.80. The number of carbonyl (C=O) groups is 2. The van der Waals surface area contributed by atoms with Gasteiger partial charge in [0.15, 0.2) is 10.2 Å². The first-order valence-corrected chi connectivity index (χ1v) is 28.8. The zero-order valence-corrected chi connectivity index (χ0v) is 48.5. The summed E-state index contributed by atoms with van der Waals surface area (Å²) in [7, 11) is 0. The zero-order valence-electron chi connectivity index (χ0n) is 46.9. The third kappa shape index (κ3) is 22.1. The number of nitro groups is 2. The zero-order chi connectivity index (χ0) is 59.1. The molecule has 2 fully saturated rings. The number of hydrogen-bond acceptors (Lipinski definition) is 18. The fourth-order valence-corrected chi connectivity index (χ4v) is 9.55. The van der Waals surface area contributed by atoms with E-state index in [0.717, 1.165) is 21.5 Å². The van der Waals surface area contributed by atoms with E-state index >= 15 is 0 Å². The van der Waals surface area contributed by atoms with E-state index in [1.165, 1.54) is 24.3 Å². The Morgan fingerprint density at radius 2 is 0.714 bits per heavy atom. The highest BCUT2D eigenvalue weighted by atomic mass is 32.1. The largest absolute Gasteiger partial charge is 0.377 e. The number of thiocarbonyl (C=S) groups is 2. The highest BCUT2D eigenvalue weighted by molar-refractivity contribution is 7.80. The lowest BCUT2D eigenvalue weighted by molar-refractivity contribution is -0.385. The van der Waals surface area contributed by atoms with Crippen molar-refractivity contribution in [3.63, 3.8) is 0 Å². The maximum atomic E-state index is 14.7. The van der Waals surface area contributed by atoms with Gasteiger partial charge in [-0.2, -0.15) is 0 Å². The first-order chi connectivity index (χ1) is 41.0. The quantitative estimate of drug-likeness (QED) is 0.0523. The monoisotopic (exact) mass is 1200 g/mol. The van der Waals surface area contributed by atoms with Crippen LogP contribution < -0.4 is 21.3 Å². The van der Waals surface area contributed by atoms with E-state index in [9.17, 15) is 29.8 Å². The van der Waals surface area contributed by atoms with Gasteiger partial charge in [0.1, 0.15) is 12.1 Å². The summed E-state index contributed by atoms with van der Waals surface area (Å²) in [5, 5.41) is 39.9. The third-order valence-corrected chi connectivity index (χ3v) is 13.8. The highest BCUT2D eigenvalue weighted by Gasteiger charge is 2.28. The molecule has 26 heteroatoms. The van der Waals surface area contributed by atoms with Gasteiger partial charge in [-0.15, -0.1) is 0 Å². The number of anilines is 2. The van der Waals surface area contributed by atoms with Crippen LogP contribution >= 0.6 is 24.4 Å². The maximum absolute atomic E-state index is 14.7. The molecule has 2 heterocycles. The molecule has 0 saturated carbocycles. The summed E-state index contributed by atoms with van der Waals surface area (Å²) in [5.41, 5.74) is 2.42. The number of ether oxygens (including phenoxy) is 10. The number of nitrogens with zero attached hydrogens (tertiary/aromatic N) is 4. The first kappa shape index (κ1) is 64.9. The molecule has 2 aliphatic rings. The number of amides is 2. The van der Waals surface area contributed by atoms with Crippen LogP contribution in [-0.4, -0.2) is 212 Å². The minimum Gasteiger partial charge on any atom is -0.377 e. The lowest BCUT2D eigenvalue weighted by atomic mass is 10.0. The smallest absolute Gasteiger partial charge is 0.269 e. The molecule has 0 aromatic heterocycles. The van der Waals surface area contributed by atoms with Gasteiger partial charge in [-0.1, -0.05) is 48.5 Å². The Hall–Kier alpha value is -6.66. The van der Waals surface area contributed by atoms with Gasteiger partial charge < -0.3 is 78.4 Å². The normalized spacial score (nSPS) is 17.7. The second-order valence-corrected chi connectivity index (χ2v) is 20.1. The van der Waals surface area contributed by atoms with E-state index in [0.29, 0.717) is 128 Å². The predicted molar refractivity (Wildman–Crippen MR) is 323 cm³/mol. The molecule has 7 rings (SSSR count). The fraction of sp³-hybridized carbons (Fsp3) is 0.483. The predicted octanol–water partition coefficient (Wildman–Crippen LogP) is 5.46. The van der Waals surface area contributed by atoms with Gasteiger partial charge in [0.05, 0.1) is 142 Å². The van der Waals surface area contributed by atoms with E-state index in [4.69, 9.17) is 71.8 Å². The summed E-state index contributed by atoms with van der Waals surface area (Å²) in [6.07, 6.45) is 0.265. The summed E-state index contributed by atoms with van der Waals surface area (Å²) in [5.74, 6) is -0.591. The van der Waals surface area contributed by atoms with Crippen LogP contribution in [0.1, 0.15) is 11.1 Å². The second-order valence-electron chi connectivity index (χ2n) is 19.2. The maximum Gasteiger partial charge on any atom is 0.269 e. The molecular weight excluding hydrogens is 1130 g/mol. The Morgan fingerprint density at radius 3 is 1.00 bits per heavy atom. The molecule has 2 saturated heterocycles. The van der Waals surface area contributed by atoms with E-state index in [1.54, 1.807) is 34.1 Å².